The maximum Gasteiger partial charge on any atom is 0.272 e. The molecule has 1 fully saturated rings. The van der Waals surface area contributed by atoms with Crippen LogP contribution in [-0.2, 0) is 17.8 Å². The smallest absolute Gasteiger partial charge is 0.272 e. The summed E-state index contributed by atoms with van der Waals surface area (Å²) in [6.07, 6.45) is 5.94. The molecule has 26 heavy (non-hydrogen) atoms. The number of rotatable bonds is 7. The quantitative estimate of drug-likeness (QED) is 0.713. The summed E-state index contributed by atoms with van der Waals surface area (Å²) in [5.74, 6) is 1.44. The van der Waals surface area contributed by atoms with Gasteiger partial charge in [0.2, 0.25) is 0 Å². The molecule has 3 heterocycles. The van der Waals surface area contributed by atoms with E-state index in [0.29, 0.717) is 37.9 Å². The number of hydrogen-bond acceptors (Lipinski definition) is 4. The highest BCUT2D eigenvalue weighted by atomic mass is 16.5. The molecular formula is C19H29N5O2. The summed E-state index contributed by atoms with van der Waals surface area (Å²) in [6, 6.07) is 1.88. The highest BCUT2D eigenvalue weighted by Crippen LogP contribution is 2.27. The SMILES string of the molecule is CCOCCn1nc(C)cc1C(=O)N1CCC[C@H](c2nccn2CC)C1. The molecule has 0 saturated carbocycles. The molecule has 3 rings (SSSR count). The molecule has 0 N–H and O–H groups in total. The number of aromatic nitrogens is 4. The standard InChI is InChI=1S/C19H29N5O2/c1-4-22-10-8-20-18(22)16-7-6-9-23(14-16)19(25)17-13-15(3)21-24(17)11-12-26-5-2/h8,10,13,16H,4-7,9,11-12,14H2,1-3H3/t16-/m0/s1. The summed E-state index contributed by atoms with van der Waals surface area (Å²) < 4.78 is 9.38. The third-order valence-electron chi connectivity index (χ3n) is 4.93. The van der Waals surface area contributed by atoms with Crippen molar-refractivity contribution in [1.29, 1.82) is 0 Å². The minimum atomic E-state index is 0.0569. The Kier molecular flexibility index (Phi) is 6.08. The lowest BCUT2D eigenvalue weighted by Crippen LogP contribution is -2.40. The molecule has 0 aliphatic carbocycles. The first-order valence-corrected chi connectivity index (χ1v) is 9.56. The number of piperidine rings is 1. The molecule has 142 valence electrons. The van der Waals surface area contributed by atoms with Gasteiger partial charge < -0.3 is 14.2 Å². The lowest BCUT2D eigenvalue weighted by Gasteiger charge is -2.32. The molecule has 7 nitrogen and oxygen atoms in total. The van der Waals surface area contributed by atoms with E-state index in [0.717, 1.165) is 37.4 Å². The molecular weight excluding hydrogens is 330 g/mol. The van der Waals surface area contributed by atoms with Crippen LogP contribution < -0.4 is 0 Å². The number of likely N-dealkylation sites (tertiary alicyclic amines) is 1. The first-order chi connectivity index (χ1) is 12.6. The molecule has 0 radical (unpaired) electrons. The van der Waals surface area contributed by atoms with Crippen LogP contribution in [0.2, 0.25) is 0 Å². The average Bonchev–Trinajstić information content (AvgIpc) is 3.27. The Bertz CT molecular complexity index is 736. The average molecular weight is 359 g/mol. The summed E-state index contributed by atoms with van der Waals surface area (Å²) in [4.78, 5) is 19.6. The summed E-state index contributed by atoms with van der Waals surface area (Å²) >= 11 is 0. The van der Waals surface area contributed by atoms with Crippen LogP contribution in [-0.4, -0.2) is 56.4 Å². The lowest BCUT2D eigenvalue weighted by molar-refractivity contribution is 0.0685. The molecule has 0 spiro atoms. The topological polar surface area (TPSA) is 65.2 Å². The summed E-state index contributed by atoms with van der Waals surface area (Å²) in [6.45, 7) is 10.2. The second-order valence-electron chi connectivity index (χ2n) is 6.75. The molecule has 1 aliphatic heterocycles. The van der Waals surface area contributed by atoms with Gasteiger partial charge in [0.25, 0.3) is 5.91 Å². The zero-order valence-corrected chi connectivity index (χ0v) is 16.0. The Hall–Kier alpha value is -2.15. The summed E-state index contributed by atoms with van der Waals surface area (Å²) in [7, 11) is 0. The van der Waals surface area contributed by atoms with Crippen LogP contribution in [0.4, 0.5) is 0 Å². The molecule has 1 saturated heterocycles. The van der Waals surface area contributed by atoms with Gasteiger partial charge in [-0.15, -0.1) is 0 Å². The largest absolute Gasteiger partial charge is 0.380 e. The van der Waals surface area contributed by atoms with E-state index in [1.54, 1.807) is 4.68 Å². The van der Waals surface area contributed by atoms with Crippen LogP contribution in [0.5, 0.6) is 0 Å². The Morgan fingerprint density at radius 2 is 2.23 bits per heavy atom. The van der Waals surface area contributed by atoms with Crippen molar-refractivity contribution in [2.75, 3.05) is 26.3 Å². The van der Waals surface area contributed by atoms with Gasteiger partial charge in [-0.1, -0.05) is 0 Å². The Balaban J connectivity index is 1.73. The van der Waals surface area contributed by atoms with Crippen LogP contribution in [0, 0.1) is 6.92 Å². The molecule has 0 unspecified atom stereocenters. The van der Waals surface area contributed by atoms with E-state index in [9.17, 15) is 4.79 Å². The monoisotopic (exact) mass is 359 g/mol. The van der Waals surface area contributed by atoms with E-state index < -0.39 is 0 Å². The summed E-state index contributed by atoms with van der Waals surface area (Å²) in [5.41, 5.74) is 1.52. The van der Waals surface area contributed by atoms with Crippen molar-refractivity contribution in [2.45, 2.75) is 52.6 Å². The van der Waals surface area contributed by atoms with Crippen molar-refractivity contribution in [2.24, 2.45) is 0 Å². The number of hydrogen-bond donors (Lipinski definition) is 0. The number of ether oxygens (including phenoxy) is 1. The van der Waals surface area contributed by atoms with E-state index in [4.69, 9.17) is 4.74 Å². The third-order valence-corrected chi connectivity index (χ3v) is 4.93. The second-order valence-corrected chi connectivity index (χ2v) is 6.75. The normalized spacial score (nSPS) is 17.7. The summed E-state index contributed by atoms with van der Waals surface area (Å²) in [5, 5.41) is 4.47. The first kappa shape index (κ1) is 18.6. The van der Waals surface area contributed by atoms with Crippen molar-refractivity contribution in [3.05, 3.63) is 35.7 Å². The van der Waals surface area contributed by atoms with Crippen molar-refractivity contribution in [1.82, 2.24) is 24.2 Å². The van der Waals surface area contributed by atoms with Gasteiger partial charge in [0.15, 0.2) is 0 Å². The highest BCUT2D eigenvalue weighted by Gasteiger charge is 2.29. The van der Waals surface area contributed by atoms with Gasteiger partial charge in [-0.05, 0) is 39.7 Å². The maximum absolute atomic E-state index is 13.1. The minimum absolute atomic E-state index is 0.0569. The van der Waals surface area contributed by atoms with Gasteiger partial charge in [-0.3, -0.25) is 9.48 Å². The van der Waals surface area contributed by atoms with Crippen LogP contribution in [0.25, 0.3) is 0 Å². The van der Waals surface area contributed by atoms with Crippen LogP contribution in [0.1, 0.15) is 54.6 Å². The van der Waals surface area contributed by atoms with E-state index >= 15 is 0 Å². The molecule has 0 bridgehead atoms. The Morgan fingerprint density at radius 3 is 3.00 bits per heavy atom. The van der Waals surface area contributed by atoms with E-state index in [1.165, 1.54) is 0 Å². The van der Waals surface area contributed by atoms with E-state index in [2.05, 4.69) is 21.6 Å². The zero-order chi connectivity index (χ0) is 18.5. The number of nitrogens with zero attached hydrogens (tertiary/aromatic N) is 5. The Labute approximate surface area is 155 Å². The molecule has 1 aliphatic rings. The fourth-order valence-corrected chi connectivity index (χ4v) is 3.67. The van der Waals surface area contributed by atoms with Crippen molar-refractivity contribution >= 4 is 5.91 Å². The predicted molar refractivity (Wildman–Crippen MR) is 99.2 cm³/mol. The first-order valence-electron chi connectivity index (χ1n) is 9.56. The fraction of sp³-hybridized carbons (Fsp3) is 0.632. The van der Waals surface area contributed by atoms with Crippen molar-refractivity contribution < 1.29 is 9.53 Å². The van der Waals surface area contributed by atoms with Crippen LogP contribution in [0.3, 0.4) is 0 Å². The van der Waals surface area contributed by atoms with E-state index in [1.807, 2.05) is 37.2 Å². The zero-order valence-electron chi connectivity index (χ0n) is 16.0. The molecule has 0 aromatic carbocycles. The minimum Gasteiger partial charge on any atom is -0.380 e. The lowest BCUT2D eigenvalue weighted by atomic mass is 9.96. The second kappa shape index (κ2) is 8.49. The highest BCUT2D eigenvalue weighted by molar-refractivity contribution is 5.92. The van der Waals surface area contributed by atoms with Gasteiger partial charge in [0, 0.05) is 44.6 Å². The Morgan fingerprint density at radius 1 is 1.38 bits per heavy atom. The van der Waals surface area contributed by atoms with Gasteiger partial charge in [-0.25, -0.2) is 4.98 Å². The fourth-order valence-electron chi connectivity index (χ4n) is 3.67. The van der Waals surface area contributed by atoms with Crippen molar-refractivity contribution in [3.63, 3.8) is 0 Å². The number of aryl methyl sites for hydroxylation is 2. The number of amides is 1. The van der Waals surface area contributed by atoms with Crippen LogP contribution in [0.15, 0.2) is 18.5 Å². The van der Waals surface area contributed by atoms with E-state index in [-0.39, 0.29) is 5.91 Å². The van der Waals surface area contributed by atoms with Gasteiger partial charge in [0.05, 0.1) is 18.8 Å². The van der Waals surface area contributed by atoms with Gasteiger partial charge in [0.1, 0.15) is 11.5 Å². The van der Waals surface area contributed by atoms with Gasteiger partial charge in [-0.2, -0.15) is 5.10 Å². The molecule has 2 aromatic heterocycles. The van der Waals surface area contributed by atoms with Gasteiger partial charge >= 0.3 is 0 Å². The molecule has 2 aromatic rings. The number of imidazole rings is 1. The number of carbonyl (C=O) groups excluding carboxylic acids is 1. The molecule has 1 amide bonds. The van der Waals surface area contributed by atoms with Crippen LogP contribution >= 0.6 is 0 Å². The van der Waals surface area contributed by atoms with Crippen molar-refractivity contribution in [3.8, 4) is 0 Å². The third kappa shape index (κ3) is 3.98. The molecule has 1 atom stereocenters. The number of carbonyl (C=O) groups is 1. The predicted octanol–water partition coefficient (Wildman–Crippen LogP) is 2.46. The maximum atomic E-state index is 13.1. The molecule has 7 heteroatoms.